The van der Waals surface area contributed by atoms with Gasteiger partial charge in [0.25, 0.3) is 5.91 Å². The van der Waals surface area contributed by atoms with E-state index < -0.39 is 11.9 Å². The Morgan fingerprint density at radius 2 is 2.17 bits per heavy atom. The Kier molecular flexibility index (Phi) is 4.47. The molecule has 0 bridgehead atoms. The van der Waals surface area contributed by atoms with Crippen LogP contribution in [0, 0.1) is 12.8 Å². The molecule has 1 unspecified atom stereocenters. The van der Waals surface area contributed by atoms with Crippen molar-refractivity contribution in [3.63, 3.8) is 0 Å². The average Bonchev–Trinajstić information content (AvgIpc) is 2.65. The molecule has 1 amide bonds. The first-order valence-electron chi connectivity index (χ1n) is 5.89. The van der Waals surface area contributed by atoms with Gasteiger partial charge in [0.2, 0.25) is 0 Å². The molecule has 6 heteroatoms. The monoisotopic (exact) mass is 253 g/mol. The molecule has 0 fully saturated rings. The van der Waals surface area contributed by atoms with Crippen LogP contribution in [-0.4, -0.2) is 44.8 Å². The minimum absolute atomic E-state index is 0.170. The molecular weight excluding hydrogens is 234 g/mol. The van der Waals surface area contributed by atoms with Gasteiger partial charge in [-0.25, -0.2) is 0 Å². The maximum Gasteiger partial charge on any atom is 0.308 e. The first-order chi connectivity index (χ1) is 8.38. The third-order valence-electron chi connectivity index (χ3n) is 3.05. The molecule has 1 aromatic rings. The number of carboxylic acids is 1. The number of nitrogens with zero attached hydrogens (tertiary/aromatic N) is 3. The Bertz CT molecular complexity index is 453. The molecule has 0 aromatic carbocycles. The van der Waals surface area contributed by atoms with Crippen LogP contribution in [-0.2, 0) is 11.8 Å². The zero-order chi connectivity index (χ0) is 13.9. The van der Waals surface area contributed by atoms with E-state index in [9.17, 15) is 9.59 Å². The minimum atomic E-state index is -0.899. The Morgan fingerprint density at radius 1 is 1.56 bits per heavy atom. The molecule has 0 radical (unpaired) electrons. The summed E-state index contributed by atoms with van der Waals surface area (Å²) < 4.78 is 1.63. The number of amides is 1. The second-order valence-corrected chi connectivity index (χ2v) is 4.35. The molecule has 0 aliphatic carbocycles. The highest BCUT2D eigenvalue weighted by Crippen LogP contribution is 2.11. The first-order valence-corrected chi connectivity index (χ1v) is 5.89. The normalized spacial score (nSPS) is 12.2. The second kappa shape index (κ2) is 5.66. The molecule has 18 heavy (non-hydrogen) atoms. The van der Waals surface area contributed by atoms with Crippen molar-refractivity contribution in [2.45, 2.75) is 20.8 Å². The number of aryl methyl sites for hydroxylation is 1. The Balaban J connectivity index is 2.86. The smallest absolute Gasteiger partial charge is 0.308 e. The fourth-order valence-electron chi connectivity index (χ4n) is 1.64. The summed E-state index contributed by atoms with van der Waals surface area (Å²) in [6, 6.07) is 0. The summed E-state index contributed by atoms with van der Waals surface area (Å²) in [7, 11) is 1.77. The Hall–Kier alpha value is -1.85. The first kappa shape index (κ1) is 14.2. The highest BCUT2D eigenvalue weighted by molar-refractivity contribution is 5.95. The van der Waals surface area contributed by atoms with Gasteiger partial charge in [-0.3, -0.25) is 14.3 Å². The number of aromatic nitrogens is 2. The number of aliphatic carboxylic acids is 1. The molecule has 1 N–H and O–H groups in total. The molecule has 1 atom stereocenters. The average molecular weight is 253 g/mol. The van der Waals surface area contributed by atoms with E-state index >= 15 is 0 Å². The van der Waals surface area contributed by atoms with Crippen LogP contribution in [0.25, 0.3) is 0 Å². The van der Waals surface area contributed by atoms with Gasteiger partial charge in [-0.2, -0.15) is 5.10 Å². The van der Waals surface area contributed by atoms with Crippen LogP contribution < -0.4 is 0 Å². The zero-order valence-electron chi connectivity index (χ0n) is 11.2. The van der Waals surface area contributed by atoms with Crippen LogP contribution in [0.4, 0.5) is 0 Å². The molecule has 0 saturated carbocycles. The standard InChI is InChI=1S/C12H19N3O3/c1-5-15(7-8(2)12(17)18)11(16)10-6-13-14(4)9(10)3/h6,8H,5,7H2,1-4H3,(H,17,18). The van der Waals surface area contributed by atoms with E-state index in [2.05, 4.69) is 5.10 Å². The van der Waals surface area contributed by atoms with Crippen molar-refractivity contribution < 1.29 is 14.7 Å². The fraction of sp³-hybridized carbons (Fsp3) is 0.583. The van der Waals surface area contributed by atoms with E-state index in [0.29, 0.717) is 12.1 Å². The molecule has 6 nitrogen and oxygen atoms in total. The molecule has 0 aliphatic heterocycles. The largest absolute Gasteiger partial charge is 0.481 e. The summed E-state index contributed by atoms with van der Waals surface area (Å²) in [5, 5.41) is 12.9. The lowest BCUT2D eigenvalue weighted by molar-refractivity contribution is -0.141. The maximum absolute atomic E-state index is 12.2. The molecule has 0 saturated heterocycles. The van der Waals surface area contributed by atoms with Gasteiger partial charge in [0.15, 0.2) is 0 Å². The van der Waals surface area contributed by atoms with E-state index in [1.54, 1.807) is 18.7 Å². The van der Waals surface area contributed by atoms with E-state index in [0.717, 1.165) is 5.69 Å². The van der Waals surface area contributed by atoms with Crippen molar-refractivity contribution >= 4 is 11.9 Å². The van der Waals surface area contributed by atoms with Gasteiger partial charge in [-0.1, -0.05) is 6.92 Å². The van der Waals surface area contributed by atoms with Gasteiger partial charge in [0.1, 0.15) is 0 Å². The highest BCUT2D eigenvalue weighted by Gasteiger charge is 2.22. The van der Waals surface area contributed by atoms with Gasteiger partial charge >= 0.3 is 5.97 Å². The maximum atomic E-state index is 12.2. The van der Waals surface area contributed by atoms with Crippen LogP contribution in [0.1, 0.15) is 29.9 Å². The number of hydrogen-bond donors (Lipinski definition) is 1. The van der Waals surface area contributed by atoms with E-state index in [1.165, 1.54) is 11.1 Å². The lowest BCUT2D eigenvalue weighted by Gasteiger charge is -2.22. The molecule has 0 spiro atoms. The van der Waals surface area contributed by atoms with Crippen molar-refractivity contribution in [1.29, 1.82) is 0 Å². The van der Waals surface area contributed by atoms with Crippen LogP contribution in [0.15, 0.2) is 6.20 Å². The molecule has 1 aromatic heterocycles. The van der Waals surface area contributed by atoms with Crippen LogP contribution in [0.2, 0.25) is 0 Å². The lowest BCUT2D eigenvalue weighted by Crippen LogP contribution is -2.37. The van der Waals surface area contributed by atoms with E-state index in [1.807, 2.05) is 13.8 Å². The zero-order valence-corrected chi connectivity index (χ0v) is 11.2. The summed E-state index contributed by atoms with van der Waals surface area (Å²) in [5.41, 5.74) is 1.30. The number of carboxylic acid groups (broad SMARTS) is 1. The third-order valence-corrected chi connectivity index (χ3v) is 3.05. The SMILES string of the molecule is CCN(CC(C)C(=O)O)C(=O)c1cnn(C)c1C. The van der Waals surface area contributed by atoms with Crippen LogP contribution >= 0.6 is 0 Å². The molecule has 1 heterocycles. The highest BCUT2D eigenvalue weighted by atomic mass is 16.4. The molecule has 1 rings (SSSR count). The number of hydrogen-bond acceptors (Lipinski definition) is 3. The van der Waals surface area contributed by atoms with Crippen molar-refractivity contribution in [3.8, 4) is 0 Å². The lowest BCUT2D eigenvalue weighted by atomic mass is 10.1. The van der Waals surface area contributed by atoms with E-state index in [-0.39, 0.29) is 12.5 Å². The summed E-state index contributed by atoms with van der Waals surface area (Å²) >= 11 is 0. The third kappa shape index (κ3) is 2.88. The van der Waals surface area contributed by atoms with E-state index in [4.69, 9.17) is 5.11 Å². The van der Waals surface area contributed by atoms with Gasteiger partial charge in [-0.15, -0.1) is 0 Å². The summed E-state index contributed by atoms with van der Waals surface area (Å²) in [6.07, 6.45) is 1.52. The fourth-order valence-corrected chi connectivity index (χ4v) is 1.64. The topological polar surface area (TPSA) is 75.4 Å². The number of rotatable bonds is 5. The number of carbonyl (C=O) groups is 2. The summed E-state index contributed by atoms with van der Waals surface area (Å²) in [5.74, 6) is -1.65. The van der Waals surface area contributed by atoms with Crippen molar-refractivity contribution in [1.82, 2.24) is 14.7 Å². The van der Waals surface area contributed by atoms with Gasteiger partial charge in [-0.05, 0) is 13.8 Å². The minimum Gasteiger partial charge on any atom is -0.481 e. The van der Waals surface area contributed by atoms with Crippen LogP contribution in [0.5, 0.6) is 0 Å². The Labute approximate surface area is 106 Å². The van der Waals surface area contributed by atoms with Gasteiger partial charge in [0, 0.05) is 25.8 Å². The predicted octanol–water partition coefficient (Wildman–Crippen LogP) is 0.911. The quantitative estimate of drug-likeness (QED) is 0.846. The van der Waals surface area contributed by atoms with Gasteiger partial charge < -0.3 is 10.0 Å². The van der Waals surface area contributed by atoms with Crippen molar-refractivity contribution in [3.05, 3.63) is 17.5 Å². The van der Waals surface area contributed by atoms with Gasteiger partial charge in [0.05, 0.1) is 17.7 Å². The molecular formula is C12H19N3O3. The molecule has 100 valence electrons. The Morgan fingerprint density at radius 3 is 2.56 bits per heavy atom. The summed E-state index contributed by atoms with van der Waals surface area (Å²) in [6.45, 7) is 5.92. The summed E-state index contributed by atoms with van der Waals surface area (Å²) in [4.78, 5) is 24.6. The number of carbonyl (C=O) groups excluding carboxylic acids is 1. The molecule has 0 aliphatic rings. The predicted molar refractivity (Wildman–Crippen MR) is 66.3 cm³/mol. The second-order valence-electron chi connectivity index (χ2n) is 4.35. The van der Waals surface area contributed by atoms with Crippen molar-refractivity contribution in [2.75, 3.05) is 13.1 Å². The van der Waals surface area contributed by atoms with Crippen LogP contribution in [0.3, 0.4) is 0 Å². The van der Waals surface area contributed by atoms with Crippen molar-refractivity contribution in [2.24, 2.45) is 13.0 Å².